The molecule has 6 nitrogen and oxygen atoms in total. The van der Waals surface area contributed by atoms with E-state index in [0.29, 0.717) is 45.9 Å². The van der Waals surface area contributed by atoms with E-state index in [2.05, 4.69) is 26.6 Å². The van der Waals surface area contributed by atoms with E-state index in [4.69, 9.17) is 9.15 Å². The molecule has 28 heavy (non-hydrogen) atoms. The summed E-state index contributed by atoms with van der Waals surface area (Å²) in [5.41, 5.74) is 1.58. The second-order valence-electron chi connectivity index (χ2n) is 5.87. The van der Waals surface area contributed by atoms with Crippen molar-refractivity contribution in [2.75, 3.05) is 11.9 Å². The minimum Gasteiger partial charge on any atom is -0.493 e. The molecular weight excluding hydrogens is 424 g/mol. The predicted octanol–water partition coefficient (Wildman–Crippen LogP) is 4.62. The summed E-state index contributed by atoms with van der Waals surface area (Å²) in [5, 5.41) is 5.58. The maximum absolute atomic E-state index is 12.4. The molecule has 0 aliphatic heterocycles. The first-order valence-electron chi connectivity index (χ1n) is 8.71. The summed E-state index contributed by atoms with van der Waals surface area (Å²) in [5.74, 6) is 0.895. The summed E-state index contributed by atoms with van der Waals surface area (Å²) >= 11 is 3.40. The maximum atomic E-state index is 12.4. The van der Waals surface area contributed by atoms with Crippen LogP contribution in [0.1, 0.15) is 33.4 Å². The average molecular weight is 443 g/mol. The van der Waals surface area contributed by atoms with Gasteiger partial charge in [0.15, 0.2) is 0 Å². The van der Waals surface area contributed by atoms with Gasteiger partial charge in [0, 0.05) is 16.8 Å². The first-order chi connectivity index (χ1) is 13.6. The molecule has 0 aliphatic carbocycles. The van der Waals surface area contributed by atoms with Gasteiger partial charge in [-0.1, -0.05) is 0 Å². The highest BCUT2D eigenvalue weighted by Crippen LogP contribution is 2.26. The number of carbonyl (C=O) groups is 2. The highest BCUT2D eigenvalue weighted by molar-refractivity contribution is 9.10. The molecule has 0 saturated carbocycles. The first kappa shape index (κ1) is 19.7. The van der Waals surface area contributed by atoms with Gasteiger partial charge in [0.2, 0.25) is 0 Å². The molecule has 1 heterocycles. The quantitative estimate of drug-likeness (QED) is 0.559. The van der Waals surface area contributed by atoms with Crippen molar-refractivity contribution >= 4 is 33.4 Å². The lowest BCUT2D eigenvalue weighted by atomic mass is 10.1. The zero-order chi connectivity index (χ0) is 19.9. The van der Waals surface area contributed by atoms with Gasteiger partial charge >= 0.3 is 0 Å². The van der Waals surface area contributed by atoms with Crippen LogP contribution in [-0.2, 0) is 6.54 Å². The summed E-state index contributed by atoms with van der Waals surface area (Å²) in [6.45, 7) is 2.76. The molecule has 3 aromatic rings. The number of anilines is 1. The van der Waals surface area contributed by atoms with Crippen molar-refractivity contribution in [3.05, 3.63) is 82.2 Å². The van der Waals surface area contributed by atoms with Crippen molar-refractivity contribution in [3.8, 4) is 5.75 Å². The number of carbonyl (C=O) groups excluding carboxylic acids is 2. The molecule has 0 radical (unpaired) electrons. The fourth-order valence-electron chi connectivity index (χ4n) is 2.51. The van der Waals surface area contributed by atoms with Gasteiger partial charge in [-0.15, -0.1) is 0 Å². The number of hydrogen-bond donors (Lipinski definition) is 2. The van der Waals surface area contributed by atoms with Crippen LogP contribution in [0, 0.1) is 0 Å². The van der Waals surface area contributed by atoms with Crippen LogP contribution in [-0.4, -0.2) is 18.4 Å². The van der Waals surface area contributed by atoms with E-state index in [1.165, 1.54) is 0 Å². The lowest BCUT2D eigenvalue weighted by molar-refractivity contribution is 0.0947. The van der Waals surface area contributed by atoms with Crippen LogP contribution in [0.5, 0.6) is 5.75 Å². The standard InChI is InChI=1S/C21H19BrN2O4/c1-2-27-19-10-7-15(12-18(19)22)21(26)24-16-8-5-14(6-9-16)20(25)23-13-17-4-3-11-28-17/h3-12H,2,13H2,1H3,(H,23,25)(H,24,26). The monoisotopic (exact) mass is 442 g/mol. The lowest BCUT2D eigenvalue weighted by Crippen LogP contribution is -2.22. The Labute approximate surface area is 171 Å². The van der Waals surface area contributed by atoms with E-state index in [0.717, 1.165) is 0 Å². The van der Waals surface area contributed by atoms with Gasteiger partial charge in [-0.05, 0) is 77.5 Å². The summed E-state index contributed by atoms with van der Waals surface area (Å²) < 4.78 is 11.3. The summed E-state index contributed by atoms with van der Waals surface area (Å²) in [7, 11) is 0. The van der Waals surface area contributed by atoms with Gasteiger partial charge < -0.3 is 19.8 Å². The van der Waals surface area contributed by atoms with E-state index in [9.17, 15) is 9.59 Å². The van der Waals surface area contributed by atoms with Crippen LogP contribution in [0.4, 0.5) is 5.69 Å². The Balaban J connectivity index is 1.59. The molecule has 2 N–H and O–H groups in total. The second kappa shape index (κ2) is 9.23. The molecule has 0 bridgehead atoms. The van der Waals surface area contributed by atoms with Crippen LogP contribution in [0.3, 0.4) is 0 Å². The summed E-state index contributed by atoms with van der Waals surface area (Å²) in [4.78, 5) is 24.6. The number of rotatable bonds is 7. The van der Waals surface area contributed by atoms with Gasteiger partial charge in [0.1, 0.15) is 11.5 Å². The summed E-state index contributed by atoms with van der Waals surface area (Å²) in [6, 6.07) is 15.4. The van der Waals surface area contributed by atoms with Crippen LogP contribution in [0.25, 0.3) is 0 Å². The third kappa shape index (κ3) is 5.01. The van der Waals surface area contributed by atoms with Gasteiger partial charge in [-0.3, -0.25) is 9.59 Å². The SMILES string of the molecule is CCOc1ccc(C(=O)Nc2ccc(C(=O)NCc3ccco3)cc2)cc1Br. The van der Waals surface area contributed by atoms with Crippen LogP contribution in [0.2, 0.25) is 0 Å². The van der Waals surface area contributed by atoms with Crippen molar-refractivity contribution in [3.63, 3.8) is 0 Å². The van der Waals surface area contributed by atoms with E-state index in [1.54, 1.807) is 60.9 Å². The smallest absolute Gasteiger partial charge is 0.255 e. The maximum Gasteiger partial charge on any atom is 0.255 e. The Morgan fingerprint density at radius 3 is 2.43 bits per heavy atom. The third-order valence-electron chi connectivity index (χ3n) is 3.90. The van der Waals surface area contributed by atoms with Crippen molar-refractivity contribution in [1.29, 1.82) is 0 Å². The first-order valence-corrected chi connectivity index (χ1v) is 9.50. The molecule has 2 amide bonds. The van der Waals surface area contributed by atoms with Gasteiger partial charge in [-0.2, -0.15) is 0 Å². The lowest BCUT2D eigenvalue weighted by Gasteiger charge is -2.09. The van der Waals surface area contributed by atoms with E-state index in [-0.39, 0.29) is 11.8 Å². The Morgan fingerprint density at radius 1 is 1.04 bits per heavy atom. The van der Waals surface area contributed by atoms with Crippen LogP contribution in [0.15, 0.2) is 69.8 Å². The fraction of sp³-hybridized carbons (Fsp3) is 0.143. The average Bonchev–Trinajstić information content (AvgIpc) is 3.22. The van der Waals surface area contributed by atoms with Gasteiger partial charge in [-0.25, -0.2) is 0 Å². The normalized spacial score (nSPS) is 10.4. The Morgan fingerprint density at radius 2 is 1.79 bits per heavy atom. The van der Waals surface area contributed by atoms with E-state index < -0.39 is 0 Å². The number of nitrogens with one attached hydrogen (secondary N) is 2. The largest absolute Gasteiger partial charge is 0.493 e. The Bertz CT molecular complexity index is 953. The molecule has 0 spiro atoms. The number of benzene rings is 2. The van der Waals surface area contributed by atoms with Gasteiger partial charge in [0.05, 0.1) is 23.9 Å². The van der Waals surface area contributed by atoms with Crippen LogP contribution < -0.4 is 15.4 Å². The van der Waals surface area contributed by atoms with Crippen molar-refractivity contribution in [2.45, 2.75) is 13.5 Å². The molecule has 1 aromatic heterocycles. The van der Waals surface area contributed by atoms with Crippen molar-refractivity contribution in [1.82, 2.24) is 5.32 Å². The number of furan rings is 1. The van der Waals surface area contributed by atoms with Crippen molar-refractivity contribution in [2.24, 2.45) is 0 Å². The molecule has 3 rings (SSSR count). The second-order valence-corrected chi connectivity index (χ2v) is 6.73. The number of halogens is 1. The third-order valence-corrected chi connectivity index (χ3v) is 4.52. The van der Waals surface area contributed by atoms with Crippen molar-refractivity contribution < 1.29 is 18.7 Å². The number of hydrogen-bond acceptors (Lipinski definition) is 4. The van der Waals surface area contributed by atoms with E-state index in [1.807, 2.05) is 6.92 Å². The molecule has 0 aliphatic rings. The molecule has 0 atom stereocenters. The van der Waals surface area contributed by atoms with E-state index >= 15 is 0 Å². The fourth-order valence-corrected chi connectivity index (χ4v) is 3.00. The molecular formula is C21H19BrN2O4. The Hall–Kier alpha value is -3.06. The number of amides is 2. The molecule has 144 valence electrons. The highest BCUT2D eigenvalue weighted by Gasteiger charge is 2.11. The molecule has 2 aromatic carbocycles. The zero-order valence-electron chi connectivity index (χ0n) is 15.2. The zero-order valence-corrected chi connectivity index (χ0v) is 16.8. The molecule has 0 unspecified atom stereocenters. The minimum absolute atomic E-state index is 0.218. The number of ether oxygens (including phenoxy) is 1. The molecule has 0 saturated heterocycles. The molecule has 0 fully saturated rings. The summed E-state index contributed by atoms with van der Waals surface area (Å²) in [6.07, 6.45) is 1.56. The molecule has 7 heteroatoms. The minimum atomic E-state index is -0.251. The highest BCUT2D eigenvalue weighted by atomic mass is 79.9. The Kier molecular flexibility index (Phi) is 6.49. The predicted molar refractivity (Wildman–Crippen MR) is 110 cm³/mol. The van der Waals surface area contributed by atoms with Gasteiger partial charge in [0.25, 0.3) is 11.8 Å². The topological polar surface area (TPSA) is 80.6 Å². The van der Waals surface area contributed by atoms with Crippen LogP contribution >= 0.6 is 15.9 Å².